The lowest BCUT2D eigenvalue weighted by Gasteiger charge is -2.41. The molecule has 0 bridgehead atoms. The summed E-state index contributed by atoms with van der Waals surface area (Å²) in [6, 6.07) is 0. The van der Waals surface area contributed by atoms with Gasteiger partial charge in [-0.1, -0.05) is 34.1 Å². The van der Waals surface area contributed by atoms with Crippen LogP contribution < -0.4 is 5.73 Å². The normalized spacial score (nSPS) is 34.5. The third kappa shape index (κ3) is 2.73. The molecule has 1 aliphatic carbocycles. The molecular formula is C13H27N. The summed E-state index contributed by atoms with van der Waals surface area (Å²) in [6.07, 6.45) is 5.42. The van der Waals surface area contributed by atoms with E-state index in [4.69, 9.17) is 5.73 Å². The van der Waals surface area contributed by atoms with Crippen LogP contribution in [0.25, 0.3) is 0 Å². The Hall–Kier alpha value is -0.0400. The topological polar surface area (TPSA) is 26.0 Å². The third-order valence-electron chi connectivity index (χ3n) is 4.49. The first-order chi connectivity index (χ1) is 6.47. The van der Waals surface area contributed by atoms with E-state index in [0.29, 0.717) is 5.41 Å². The van der Waals surface area contributed by atoms with Crippen LogP contribution in [0.15, 0.2) is 0 Å². The van der Waals surface area contributed by atoms with E-state index in [1.807, 2.05) is 0 Å². The van der Waals surface area contributed by atoms with E-state index in [9.17, 15) is 0 Å². The zero-order chi connectivity index (χ0) is 10.8. The highest BCUT2D eigenvalue weighted by Crippen LogP contribution is 2.44. The highest BCUT2D eigenvalue weighted by molar-refractivity contribution is 4.85. The van der Waals surface area contributed by atoms with Gasteiger partial charge in [0.15, 0.2) is 0 Å². The van der Waals surface area contributed by atoms with Gasteiger partial charge in [-0.25, -0.2) is 0 Å². The molecule has 0 amide bonds. The van der Waals surface area contributed by atoms with E-state index in [1.54, 1.807) is 0 Å². The average molecular weight is 197 g/mol. The Labute approximate surface area is 89.5 Å². The number of hydrogen-bond acceptors (Lipinski definition) is 1. The second-order valence-electron chi connectivity index (χ2n) is 5.99. The van der Waals surface area contributed by atoms with E-state index >= 15 is 0 Å². The molecule has 0 saturated heterocycles. The molecule has 2 N–H and O–H groups in total. The lowest BCUT2D eigenvalue weighted by molar-refractivity contribution is 0.0949. The van der Waals surface area contributed by atoms with Crippen molar-refractivity contribution in [1.29, 1.82) is 0 Å². The molecule has 1 rings (SSSR count). The fourth-order valence-electron chi connectivity index (χ4n) is 2.83. The molecule has 1 saturated carbocycles. The van der Waals surface area contributed by atoms with Crippen molar-refractivity contribution in [3.05, 3.63) is 0 Å². The molecule has 84 valence electrons. The summed E-state index contributed by atoms with van der Waals surface area (Å²) in [4.78, 5) is 0. The lowest BCUT2D eigenvalue weighted by Crippen LogP contribution is -2.33. The third-order valence-corrected chi connectivity index (χ3v) is 4.49. The van der Waals surface area contributed by atoms with E-state index in [-0.39, 0.29) is 0 Å². The van der Waals surface area contributed by atoms with Gasteiger partial charge >= 0.3 is 0 Å². The van der Waals surface area contributed by atoms with Gasteiger partial charge in [-0.15, -0.1) is 0 Å². The van der Waals surface area contributed by atoms with Gasteiger partial charge in [0.2, 0.25) is 0 Å². The largest absolute Gasteiger partial charge is 0.330 e. The molecule has 0 aromatic carbocycles. The first kappa shape index (κ1) is 12.0. The van der Waals surface area contributed by atoms with Gasteiger partial charge in [0.25, 0.3) is 0 Å². The molecule has 14 heavy (non-hydrogen) atoms. The maximum atomic E-state index is 5.68. The zero-order valence-corrected chi connectivity index (χ0v) is 10.3. The minimum Gasteiger partial charge on any atom is -0.330 e. The van der Waals surface area contributed by atoms with Crippen LogP contribution in [0, 0.1) is 23.2 Å². The Morgan fingerprint density at radius 3 is 2.29 bits per heavy atom. The van der Waals surface area contributed by atoms with Crippen LogP contribution in [-0.4, -0.2) is 6.54 Å². The predicted molar refractivity (Wildman–Crippen MR) is 63.1 cm³/mol. The summed E-state index contributed by atoms with van der Waals surface area (Å²) >= 11 is 0. The van der Waals surface area contributed by atoms with Gasteiger partial charge in [0.05, 0.1) is 0 Å². The van der Waals surface area contributed by atoms with E-state index < -0.39 is 0 Å². The first-order valence-corrected chi connectivity index (χ1v) is 6.17. The molecule has 1 aliphatic rings. The smallest absolute Gasteiger partial charge is 0.00721 e. The van der Waals surface area contributed by atoms with E-state index in [1.165, 1.54) is 25.7 Å². The molecule has 0 aliphatic heterocycles. The van der Waals surface area contributed by atoms with Crippen molar-refractivity contribution in [2.45, 2.75) is 53.4 Å². The minimum atomic E-state index is 0.461. The predicted octanol–water partition coefficient (Wildman–Crippen LogP) is 3.43. The number of nitrogens with two attached hydrogens (primary N) is 1. The highest BCUT2D eigenvalue weighted by Gasteiger charge is 2.34. The molecule has 1 heteroatoms. The van der Waals surface area contributed by atoms with Gasteiger partial charge in [-0.2, -0.15) is 0 Å². The lowest BCUT2D eigenvalue weighted by atomic mass is 9.64. The molecule has 0 spiro atoms. The van der Waals surface area contributed by atoms with Crippen molar-refractivity contribution < 1.29 is 0 Å². The van der Waals surface area contributed by atoms with Gasteiger partial charge < -0.3 is 5.73 Å². The van der Waals surface area contributed by atoms with Crippen molar-refractivity contribution in [3.8, 4) is 0 Å². The summed E-state index contributed by atoms with van der Waals surface area (Å²) < 4.78 is 0. The van der Waals surface area contributed by atoms with Crippen LogP contribution >= 0.6 is 0 Å². The molecule has 3 atom stereocenters. The van der Waals surface area contributed by atoms with Crippen LogP contribution in [0.5, 0.6) is 0 Å². The fourth-order valence-corrected chi connectivity index (χ4v) is 2.83. The van der Waals surface area contributed by atoms with Gasteiger partial charge in [-0.05, 0) is 49.0 Å². The van der Waals surface area contributed by atoms with Crippen molar-refractivity contribution >= 4 is 0 Å². The first-order valence-electron chi connectivity index (χ1n) is 6.17. The Balaban J connectivity index is 2.53. The molecule has 0 heterocycles. The maximum Gasteiger partial charge on any atom is -0.00721 e. The van der Waals surface area contributed by atoms with Crippen LogP contribution in [0.2, 0.25) is 0 Å². The fraction of sp³-hybridized carbons (Fsp3) is 1.00. The monoisotopic (exact) mass is 197 g/mol. The molecule has 0 radical (unpaired) electrons. The van der Waals surface area contributed by atoms with Crippen molar-refractivity contribution in [2.24, 2.45) is 28.9 Å². The average Bonchev–Trinajstić information content (AvgIpc) is 2.09. The standard InChI is InChI=1S/C13H27N/c1-10-5-6-12(9-11(10)2)13(3,4)7-8-14/h10-12H,5-9,14H2,1-4H3. The summed E-state index contributed by atoms with van der Waals surface area (Å²) in [5.74, 6) is 2.74. The summed E-state index contributed by atoms with van der Waals surface area (Å²) in [5, 5.41) is 0. The highest BCUT2D eigenvalue weighted by atomic mass is 14.5. The van der Waals surface area contributed by atoms with Gasteiger partial charge in [0, 0.05) is 0 Å². The Morgan fingerprint density at radius 2 is 1.79 bits per heavy atom. The van der Waals surface area contributed by atoms with Crippen molar-refractivity contribution in [1.82, 2.24) is 0 Å². The van der Waals surface area contributed by atoms with Gasteiger partial charge in [0.1, 0.15) is 0 Å². The molecular weight excluding hydrogens is 170 g/mol. The van der Waals surface area contributed by atoms with Crippen LogP contribution in [-0.2, 0) is 0 Å². The van der Waals surface area contributed by atoms with E-state index in [0.717, 1.165) is 24.3 Å². The second-order valence-corrected chi connectivity index (χ2v) is 5.99. The number of hydrogen-bond donors (Lipinski definition) is 1. The number of rotatable bonds is 3. The SMILES string of the molecule is CC1CCC(C(C)(C)CCN)CC1C. The van der Waals surface area contributed by atoms with Crippen molar-refractivity contribution in [3.63, 3.8) is 0 Å². The van der Waals surface area contributed by atoms with Crippen LogP contribution in [0.3, 0.4) is 0 Å². The van der Waals surface area contributed by atoms with Gasteiger partial charge in [-0.3, -0.25) is 0 Å². The maximum absolute atomic E-state index is 5.68. The Kier molecular flexibility index (Phi) is 4.00. The van der Waals surface area contributed by atoms with Crippen molar-refractivity contribution in [2.75, 3.05) is 6.54 Å². The molecule has 0 aromatic heterocycles. The van der Waals surface area contributed by atoms with Crippen LogP contribution in [0.1, 0.15) is 53.4 Å². The summed E-state index contributed by atoms with van der Waals surface area (Å²) in [7, 11) is 0. The molecule has 1 fully saturated rings. The quantitative estimate of drug-likeness (QED) is 0.737. The van der Waals surface area contributed by atoms with Crippen LogP contribution in [0.4, 0.5) is 0 Å². The summed E-state index contributed by atoms with van der Waals surface area (Å²) in [6.45, 7) is 10.4. The Morgan fingerprint density at radius 1 is 1.14 bits per heavy atom. The summed E-state index contributed by atoms with van der Waals surface area (Å²) in [5.41, 5.74) is 6.14. The minimum absolute atomic E-state index is 0.461. The molecule has 3 unspecified atom stereocenters. The second kappa shape index (κ2) is 4.65. The van der Waals surface area contributed by atoms with E-state index in [2.05, 4.69) is 27.7 Å². The molecule has 1 nitrogen and oxygen atoms in total. The zero-order valence-electron chi connectivity index (χ0n) is 10.3. The molecule has 0 aromatic rings. The Bertz CT molecular complexity index is 174.